The van der Waals surface area contributed by atoms with E-state index in [0.29, 0.717) is 34.8 Å². The Labute approximate surface area is 167 Å². The Bertz CT molecular complexity index is 879. The van der Waals surface area contributed by atoms with Gasteiger partial charge in [0.1, 0.15) is 12.4 Å². The molecule has 0 spiro atoms. The van der Waals surface area contributed by atoms with E-state index < -0.39 is 11.9 Å². The number of carboxylic acids is 1. The topological polar surface area (TPSA) is 46.5 Å². The van der Waals surface area contributed by atoms with E-state index >= 15 is 0 Å². The molecule has 0 atom stereocenters. The molecule has 0 aromatic heterocycles. The fraction of sp³-hybridized carbons (Fsp3) is 0.318. The van der Waals surface area contributed by atoms with Crippen LogP contribution >= 0.6 is 11.6 Å². The number of aliphatic carboxylic acids is 1. The lowest BCUT2D eigenvalue weighted by Crippen LogP contribution is -2.11. The van der Waals surface area contributed by atoms with Crippen LogP contribution < -0.4 is 4.74 Å². The summed E-state index contributed by atoms with van der Waals surface area (Å²) in [4.78, 5) is 10.7. The molecule has 0 bridgehead atoms. The van der Waals surface area contributed by atoms with Crippen LogP contribution in [0.3, 0.4) is 0 Å². The predicted molar refractivity (Wildman–Crippen MR) is 104 cm³/mol. The van der Waals surface area contributed by atoms with Crippen molar-refractivity contribution in [3.63, 3.8) is 0 Å². The molecule has 0 saturated carbocycles. The fourth-order valence-electron chi connectivity index (χ4n) is 3.35. The molecule has 0 unspecified atom stereocenters. The Balaban J connectivity index is 1.68. The molecular formula is C22H21ClF2O3. The highest BCUT2D eigenvalue weighted by atomic mass is 35.5. The van der Waals surface area contributed by atoms with Crippen LogP contribution in [0.25, 0.3) is 0 Å². The summed E-state index contributed by atoms with van der Waals surface area (Å²) in [5.41, 5.74) is 3.06. The summed E-state index contributed by atoms with van der Waals surface area (Å²) in [6, 6.07) is 14.5. The first kappa shape index (κ1) is 20.3. The second-order valence-electron chi connectivity index (χ2n) is 7.01. The van der Waals surface area contributed by atoms with E-state index in [9.17, 15) is 13.6 Å². The van der Waals surface area contributed by atoms with Crippen LogP contribution in [0, 0.1) is 0 Å². The highest BCUT2D eigenvalue weighted by Crippen LogP contribution is 2.40. The van der Waals surface area contributed by atoms with Gasteiger partial charge in [-0.15, -0.1) is 0 Å². The second kappa shape index (κ2) is 8.74. The first-order chi connectivity index (χ1) is 13.3. The number of aryl methyl sites for hydroxylation is 1. The van der Waals surface area contributed by atoms with Gasteiger partial charge in [0.25, 0.3) is 5.92 Å². The minimum absolute atomic E-state index is 0.00919. The molecular weight excluding hydrogens is 386 g/mol. The standard InChI is InChI=1S/C22H21ClF2O3/c23-20-11-19(8-6-16(20)7-9-21(26)27)28-14-18-13-22(24,25)12-17(18)10-15-4-2-1-3-5-15/h1-6,8,11H,7,9-10,12-14H2,(H,26,27). The summed E-state index contributed by atoms with van der Waals surface area (Å²) < 4.78 is 33.7. The number of ether oxygens (including phenoxy) is 1. The molecule has 1 aliphatic carbocycles. The SMILES string of the molecule is O=C(O)CCc1ccc(OCC2=C(Cc3ccccc3)CC(F)(F)C2)cc1Cl. The van der Waals surface area contributed by atoms with Gasteiger partial charge < -0.3 is 9.84 Å². The molecule has 1 aliphatic rings. The number of rotatable bonds is 8. The first-order valence-electron chi connectivity index (χ1n) is 9.07. The van der Waals surface area contributed by atoms with Crippen molar-refractivity contribution in [2.75, 3.05) is 6.61 Å². The van der Waals surface area contributed by atoms with Crippen LogP contribution in [-0.2, 0) is 17.6 Å². The van der Waals surface area contributed by atoms with E-state index in [1.165, 1.54) is 0 Å². The van der Waals surface area contributed by atoms with E-state index in [1.807, 2.05) is 30.3 Å². The lowest BCUT2D eigenvalue weighted by Gasteiger charge is -2.11. The molecule has 0 heterocycles. The largest absolute Gasteiger partial charge is 0.489 e. The van der Waals surface area contributed by atoms with Crippen molar-refractivity contribution in [3.8, 4) is 5.75 Å². The lowest BCUT2D eigenvalue weighted by molar-refractivity contribution is -0.136. The average molecular weight is 407 g/mol. The molecule has 0 fully saturated rings. The molecule has 0 saturated heterocycles. The van der Waals surface area contributed by atoms with Gasteiger partial charge in [0.2, 0.25) is 0 Å². The Morgan fingerprint density at radius 1 is 1.11 bits per heavy atom. The number of hydrogen-bond donors (Lipinski definition) is 1. The van der Waals surface area contributed by atoms with Crippen molar-refractivity contribution < 1.29 is 23.4 Å². The highest BCUT2D eigenvalue weighted by molar-refractivity contribution is 6.31. The molecule has 1 N–H and O–H groups in total. The Hall–Kier alpha value is -2.40. The van der Waals surface area contributed by atoms with E-state index in [4.69, 9.17) is 21.4 Å². The van der Waals surface area contributed by atoms with Crippen molar-refractivity contribution in [1.82, 2.24) is 0 Å². The van der Waals surface area contributed by atoms with Crippen molar-refractivity contribution in [3.05, 3.63) is 75.8 Å². The summed E-state index contributed by atoms with van der Waals surface area (Å²) >= 11 is 6.18. The molecule has 2 aromatic rings. The van der Waals surface area contributed by atoms with Gasteiger partial charge in [0.05, 0.1) is 0 Å². The van der Waals surface area contributed by atoms with Crippen molar-refractivity contribution >= 4 is 17.6 Å². The molecule has 3 rings (SSSR count). The van der Waals surface area contributed by atoms with Crippen molar-refractivity contribution in [1.29, 1.82) is 0 Å². The molecule has 0 amide bonds. The number of halogens is 3. The van der Waals surface area contributed by atoms with Gasteiger partial charge in [0, 0.05) is 24.3 Å². The molecule has 0 radical (unpaired) electrons. The molecule has 3 nitrogen and oxygen atoms in total. The zero-order chi connectivity index (χ0) is 20.1. The monoisotopic (exact) mass is 406 g/mol. The maximum atomic E-state index is 14.0. The third kappa shape index (κ3) is 5.55. The Kier molecular flexibility index (Phi) is 6.35. The number of carbonyl (C=O) groups is 1. The minimum atomic E-state index is -2.73. The van der Waals surface area contributed by atoms with Gasteiger partial charge >= 0.3 is 5.97 Å². The number of allylic oxidation sites excluding steroid dienone is 1. The molecule has 6 heteroatoms. The Morgan fingerprint density at radius 3 is 2.50 bits per heavy atom. The van der Waals surface area contributed by atoms with Crippen LogP contribution in [0.4, 0.5) is 8.78 Å². The quantitative estimate of drug-likeness (QED) is 0.571. The van der Waals surface area contributed by atoms with Gasteiger partial charge in [-0.25, -0.2) is 8.78 Å². The van der Waals surface area contributed by atoms with Crippen LogP contribution in [0.15, 0.2) is 59.7 Å². The van der Waals surface area contributed by atoms with Gasteiger partial charge in [-0.05, 0) is 41.7 Å². The van der Waals surface area contributed by atoms with E-state index in [1.54, 1.807) is 18.2 Å². The summed E-state index contributed by atoms with van der Waals surface area (Å²) in [6.07, 6.45) is 0.275. The third-order valence-electron chi connectivity index (χ3n) is 4.75. The smallest absolute Gasteiger partial charge is 0.303 e. The molecule has 28 heavy (non-hydrogen) atoms. The maximum Gasteiger partial charge on any atom is 0.303 e. The van der Waals surface area contributed by atoms with E-state index in [-0.39, 0.29) is 25.9 Å². The third-order valence-corrected chi connectivity index (χ3v) is 5.10. The van der Waals surface area contributed by atoms with Gasteiger partial charge in [-0.3, -0.25) is 4.79 Å². The fourth-order valence-corrected chi connectivity index (χ4v) is 3.62. The molecule has 2 aromatic carbocycles. The first-order valence-corrected chi connectivity index (χ1v) is 9.45. The van der Waals surface area contributed by atoms with Crippen LogP contribution in [0.5, 0.6) is 5.75 Å². The summed E-state index contributed by atoms with van der Waals surface area (Å²) in [7, 11) is 0. The maximum absolute atomic E-state index is 14.0. The van der Waals surface area contributed by atoms with Crippen LogP contribution in [0.1, 0.15) is 30.4 Å². The normalized spacial score (nSPS) is 15.7. The molecule has 148 valence electrons. The zero-order valence-corrected chi connectivity index (χ0v) is 16.0. The second-order valence-corrected chi connectivity index (χ2v) is 7.42. The number of hydrogen-bond acceptors (Lipinski definition) is 2. The summed E-state index contributed by atoms with van der Waals surface area (Å²) in [6.45, 7) is 0.0859. The number of benzene rings is 2. The average Bonchev–Trinajstić information content (AvgIpc) is 2.93. The lowest BCUT2D eigenvalue weighted by atomic mass is 10.0. The zero-order valence-electron chi connectivity index (χ0n) is 15.3. The highest BCUT2D eigenvalue weighted by Gasteiger charge is 2.39. The van der Waals surface area contributed by atoms with Gasteiger partial charge in [0.15, 0.2) is 0 Å². The molecule has 0 aliphatic heterocycles. The van der Waals surface area contributed by atoms with E-state index in [2.05, 4.69) is 0 Å². The van der Waals surface area contributed by atoms with E-state index in [0.717, 1.165) is 11.1 Å². The van der Waals surface area contributed by atoms with Crippen LogP contribution in [-0.4, -0.2) is 23.6 Å². The van der Waals surface area contributed by atoms with Gasteiger partial charge in [-0.2, -0.15) is 0 Å². The minimum Gasteiger partial charge on any atom is -0.489 e. The predicted octanol–water partition coefficient (Wildman–Crippen LogP) is 5.70. The van der Waals surface area contributed by atoms with Gasteiger partial charge in [-0.1, -0.05) is 53.6 Å². The van der Waals surface area contributed by atoms with Crippen molar-refractivity contribution in [2.45, 2.75) is 38.0 Å². The van der Waals surface area contributed by atoms with Crippen molar-refractivity contribution in [2.24, 2.45) is 0 Å². The number of alkyl halides is 2. The number of carboxylic acid groups (broad SMARTS) is 1. The summed E-state index contributed by atoms with van der Waals surface area (Å²) in [5.74, 6) is -3.15. The Morgan fingerprint density at radius 2 is 1.82 bits per heavy atom. The summed E-state index contributed by atoms with van der Waals surface area (Å²) in [5, 5.41) is 9.18. The van der Waals surface area contributed by atoms with Crippen LogP contribution in [0.2, 0.25) is 5.02 Å².